The van der Waals surface area contributed by atoms with Crippen molar-refractivity contribution in [3.8, 4) is 0 Å². The number of ether oxygens (including phenoxy) is 1. The number of unbranched alkanes of at least 4 members (excludes halogenated alkanes) is 10. The lowest BCUT2D eigenvalue weighted by Crippen LogP contribution is -2.16. The normalized spacial score (nSPS) is 12.4. The molecule has 0 aromatic heterocycles. The summed E-state index contributed by atoms with van der Waals surface area (Å²) in [6, 6.07) is 0. The Morgan fingerprint density at radius 2 is 1.41 bits per heavy atom. The standard InChI is InChI=1S/C23H42O4/c1-3-5-7-9-10-16-20-23(26)27-21(17-13-8-6-4-2)18-14-11-12-15-19-22(24)25/h13,17,21H,3-12,14-16,18-20H2,1-2H3,(H,24,25)/b17-13-. The average Bonchev–Trinajstić information content (AvgIpc) is 2.64. The van der Waals surface area contributed by atoms with Crippen molar-refractivity contribution in [2.24, 2.45) is 0 Å². The summed E-state index contributed by atoms with van der Waals surface area (Å²) in [4.78, 5) is 22.6. The molecular weight excluding hydrogens is 340 g/mol. The van der Waals surface area contributed by atoms with Crippen LogP contribution in [0.2, 0.25) is 0 Å². The lowest BCUT2D eigenvalue weighted by Gasteiger charge is -2.14. The van der Waals surface area contributed by atoms with Crippen molar-refractivity contribution in [1.82, 2.24) is 0 Å². The van der Waals surface area contributed by atoms with Gasteiger partial charge in [-0.2, -0.15) is 0 Å². The molecule has 0 aliphatic rings. The van der Waals surface area contributed by atoms with Gasteiger partial charge in [0.15, 0.2) is 0 Å². The van der Waals surface area contributed by atoms with Gasteiger partial charge in [0, 0.05) is 12.8 Å². The molecule has 0 saturated heterocycles. The molecule has 158 valence electrons. The average molecular weight is 383 g/mol. The van der Waals surface area contributed by atoms with Crippen molar-refractivity contribution in [3.63, 3.8) is 0 Å². The molecule has 27 heavy (non-hydrogen) atoms. The lowest BCUT2D eigenvalue weighted by molar-refractivity contribution is -0.147. The van der Waals surface area contributed by atoms with Crippen LogP contribution in [-0.2, 0) is 14.3 Å². The second-order valence-electron chi connectivity index (χ2n) is 7.46. The Hall–Kier alpha value is -1.32. The summed E-state index contributed by atoms with van der Waals surface area (Å²) in [5.41, 5.74) is 0. The molecule has 0 aromatic carbocycles. The van der Waals surface area contributed by atoms with Gasteiger partial charge in [0.2, 0.25) is 0 Å². The molecule has 0 aliphatic carbocycles. The third-order valence-electron chi connectivity index (χ3n) is 4.72. The van der Waals surface area contributed by atoms with E-state index in [0.29, 0.717) is 6.42 Å². The second kappa shape index (κ2) is 19.4. The highest BCUT2D eigenvalue weighted by molar-refractivity contribution is 5.69. The number of esters is 1. The maximum absolute atomic E-state index is 12.1. The quantitative estimate of drug-likeness (QED) is 0.151. The van der Waals surface area contributed by atoms with Gasteiger partial charge in [0.1, 0.15) is 6.10 Å². The van der Waals surface area contributed by atoms with Gasteiger partial charge in [0.25, 0.3) is 0 Å². The minimum Gasteiger partial charge on any atom is -0.481 e. The first-order valence-corrected chi connectivity index (χ1v) is 11.2. The summed E-state index contributed by atoms with van der Waals surface area (Å²) < 4.78 is 5.68. The Labute approximate surface area is 166 Å². The third-order valence-corrected chi connectivity index (χ3v) is 4.72. The highest BCUT2D eigenvalue weighted by atomic mass is 16.5. The molecule has 1 atom stereocenters. The summed E-state index contributed by atoms with van der Waals surface area (Å²) in [5.74, 6) is -0.808. The molecule has 1 N–H and O–H groups in total. The number of carbonyl (C=O) groups is 2. The molecule has 0 amide bonds. The fraction of sp³-hybridized carbons (Fsp3) is 0.826. The molecule has 1 unspecified atom stereocenters. The molecule has 0 aliphatic heterocycles. The van der Waals surface area contributed by atoms with E-state index >= 15 is 0 Å². The first-order valence-electron chi connectivity index (χ1n) is 11.2. The van der Waals surface area contributed by atoms with Gasteiger partial charge in [-0.3, -0.25) is 9.59 Å². The minimum absolute atomic E-state index is 0.0819. The van der Waals surface area contributed by atoms with Crippen molar-refractivity contribution in [3.05, 3.63) is 12.2 Å². The molecule has 0 spiro atoms. The van der Waals surface area contributed by atoms with E-state index in [1.54, 1.807) is 0 Å². The fourth-order valence-corrected chi connectivity index (χ4v) is 3.02. The number of aliphatic carboxylic acids is 1. The predicted molar refractivity (Wildman–Crippen MR) is 112 cm³/mol. The van der Waals surface area contributed by atoms with Crippen LogP contribution in [0.3, 0.4) is 0 Å². The van der Waals surface area contributed by atoms with E-state index in [-0.39, 0.29) is 18.5 Å². The van der Waals surface area contributed by atoms with E-state index in [1.165, 1.54) is 25.7 Å². The van der Waals surface area contributed by atoms with Gasteiger partial charge >= 0.3 is 11.9 Å². The summed E-state index contributed by atoms with van der Waals surface area (Å²) >= 11 is 0. The van der Waals surface area contributed by atoms with Crippen LogP contribution in [0.15, 0.2) is 12.2 Å². The molecule has 0 radical (unpaired) electrons. The van der Waals surface area contributed by atoms with Crippen LogP contribution in [0.25, 0.3) is 0 Å². The van der Waals surface area contributed by atoms with Gasteiger partial charge in [-0.05, 0) is 38.2 Å². The smallest absolute Gasteiger partial charge is 0.306 e. The molecule has 0 fully saturated rings. The SMILES string of the molecule is CCCC/C=C\C(CCCCCCC(=O)O)OC(=O)CCCCCCCC. The van der Waals surface area contributed by atoms with Gasteiger partial charge in [-0.15, -0.1) is 0 Å². The lowest BCUT2D eigenvalue weighted by atomic mass is 10.1. The highest BCUT2D eigenvalue weighted by Crippen LogP contribution is 2.14. The zero-order valence-corrected chi connectivity index (χ0v) is 17.7. The Morgan fingerprint density at radius 3 is 2.07 bits per heavy atom. The Morgan fingerprint density at radius 1 is 0.815 bits per heavy atom. The number of carboxylic acid groups (broad SMARTS) is 1. The van der Waals surface area contributed by atoms with Crippen LogP contribution in [0.4, 0.5) is 0 Å². The van der Waals surface area contributed by atoms with Crippen LogP contribution in [0, 0.1) is 0 Å². The van der Waals surface area contributed by atoms with Crippen molar-refractivity contribution in [2.45, 2.75) is 123 Å². The molecule has 0 bridgehead atoms. The molecule has 0 saturated carbocycles. The summed E-state index contributed by atoms with van der Waals surface area (Å²) in [7, 11) is 0. The van der Waals surface area contributed by atoms with E-state index in [4.69, 9.17) is 9.84 Å². The summed E-state index contributed by atoms with van der Waals surface area (Å²) in [6.07, 6.45) is 19.6. The zero-order chi connectivity index (χ0) is 20.2. The zero-order valence-electron chi connectivity index (χ0n) is 17.7. The number of allylic oxidation sites excluding steroid dienone is 1. The van der Waals surface area contributed by atoms with Crippen LogP contribution in [-0.4, -0.2) is 23.1 Å². The molecule has 0 rings (SSSR count). The molecule has 4 nitrogen and oxygen atoms in total. The van der Waals surface area contributed by atoms with Crippen LogP contribution >= 0.6 is 0 Å². The number of hydrogen-bond donors (Lipinski definition) is 1. The molecule has 0 aromatic rings. The van der Waals surface area contributed by atoms with Crippen molar-refractivity contribution < 1.29 is 19.4 Å². The first-order chi connectivity index (χ1) is 13.1. The van der Waals surface area contributed by atoms with Crippen LogP contribution < -0.4 is 0 Å². The van der Waals surface area contributed by atoms with Crippen molar-refractivity contribution in [2.75, 3.05) is 0 Å². The third kappa shape index (κ3) is 19.3. The number of carboxylic acids is 1. The van der Waals surface area contributed by atoms with Crippen molar-refractivity contribution in [1.29, 1.82) is 0 Å². The topological polar surface area (TPSA) is 63.6 Å². The molecular formula is C23H42O4. The molecule has 0 heterocycles. The van der Waals surface area contributed by atoms with Crippen LogP contribution in [0.5, 0.6) is 0 Å². The number of rotatable bonds is 19. The van der Waals surface area contributed by atoms with Gasteiger partial charge < -0.3 is 9.84 Å². The van der Waals surface area contributed by atoms with E-state index in [2.05, 4.69) is 19.9 Å². The van der Waals surface area contributed by atoms with E-state index in [9.17, 15) is 9.59 Å². The minimum atomic E-state index is -0.727. The Bertz CT molecular complexity index is 390. The Kier molecular flexibility index (Phi) is 18.5. The van der Waals surface area contributed by atoms with Gasteiger partial charge in [0.05, 0.1) is 0 Å². The Balaban J connectivity index is 4.07. The second-order valence-corrected chi connectivity index (χ2v) is 7.46. The first kappa shape index (κ1) is 25.7. The van der Waals surface area contributed by atoms with E-state index < -0.39 is 5.97 Å². The van der Waals surface area contributed by atoms with Gasteiger partial charge in [-0.1, -0.05) is 77.7 Å². The largest absolute Gasteiger partial charge is 0.481 e. The maximum atomic E-state index is 12.1. The molecule has 4 heteroatoms. The highest BCUT2D eigenvalue weighted by Gasteiger charge is 2.11. The predicted octanol–water partition coefficient (Wildman–Crippen LogP) is 6.82. The summed E-state index contributed by atoms with van der Waals surface area (Å²) in [6.45, 7) is 4.38. The number of carbonyl (C=O) groups excluding carboxylic acids is 1. The van der Waals surface area contributed by atoms with Gasteiger partial charge in [-0.25, -0.2) is 0 Å². The maximum Gasteiger partial charge on any atom is 0.306 e. The van der Waals surface area contributed by atoms with Crippen LogP contribution in [0.1, 0.15) is 117 Å². The number of hydrogen-bond acceptors (Lipinski definition) is 3. The summed E-state index contributed by atoms with van der Waals surface area (Å²) in [5, 5.41) is 8.66. The van der Waals surface area contributed by atoms with Crippen molar-refractivity contribution >= 4 is 11.9 Å². The fourth-order valence-electron chi connectivity index (χ4n) is 3.02. The van der Waals surface area contributed by atoms with E-state index in [0.717, 1.165) is 64.2 Å². The monoisotopic (exact) mass is 382 g/mol. The van der Waals surface area contributed by atoms with E-state index in [1.807, 2.05) is 6.08 Å².